The summed E-state index contributed by atoms with van der Waals surface area (Å²) in [6, 6.07) is 5.98. The number of aromatic amines is 1. The van der Waals surface area contributed by atoms with Crippen LogP contribution in [0.15, 0.2) is 12.1 Å². The molecule has 1 aromatic carbocycles. The van der Waals surface area contributed by atoms with Gasteiger partial charge in [0.2, 0.25) is 0 Å². The molecule has 2 heterocycles. The summed E-state index contributed by atoms with van der Waals surface area (Å²) in [5.74, 6) is -0.884. The molecule has 0 fully saturated rings. The molecule has 0 amide bonds. The summed E-state index contributed by atoms with van der Waals surface area (Å²) < 4.78 is 5.90. The Balaban J connectivity index is 2.33. The number of benzene rings is 1. The molecule has 3 rings (SSSR count). The van der Waals surface area contributed by atoms with E-state index < -0.39 is 11.6 Å². The van der Waals surface area contributed by atoms with Crippen molar-refractivity contribution >= 4 is 16.9 Å². The van der Waals surface area contributed by atoms with Gasteiger partial charge in [-0.15, -0.1) is 0 Å². The van der Waals surface area contributed by atoms with Crippen LogP contribution in [0.1, 0.15) is 42.1 Å². The maximum Gasteiger partial charge on any atom is 0.306 e. The van der Waals surface area contributed by atoms with E-state index in [1.165, 1.54) is 0 Å². The summed E-state index contributed by atoms with van der Waals surface area (Å²) in [7, 11) is 0. The summed E-state index contributed by atoms with van der Waals surface area (Å²) in [5.41, 5.74) is 3.60. The molecule has 114 valence electrons. The summed E-state index contributed by atoms with van der Waals surface area (Å²) in [5, 5.41) is 19.6. The molecule has 2 N–H and O–H groups in total. The Morgan fingerprint density at radius 3 is 2.95 bits per heavy atom. The van der Waals surface area contributed by atoms with Crippen molar-refractivity contribution in [1.82, 2.24) is 4.98 Å². The Morgan fingerprint density at radius 1 is 1.55 bits per heavy atom. The lowest BCUT2D eigenvalue weighted by molar-refractivity contribution is -0.148. The van der Waals surface area contributed by atoms with E-state index in [1.54, 1.807) is 0 Å². The molecule has 1 aromatic heterocycles. The highest BCUT2D eigenvalue weighted by molar-refractivity contribution is 5.93. The van der Waals surface area contributed by atoms with Crippen LogP contribution in [0.5, 0.6) is 0 Å². The van der Waals surface area contributed by atoms with Crippen molar-refractivity contribution in [3.05, 3.63) is 34.5 Å². The summed E-state index contributed by atoms with van der Waals surface area (Å²) in [6.45, 7) is 4.39. The van der Waals surface area contributed by atoms with E-state index in [-0.39, 0.29) is 6.42 Å². The third-order valence-electron chi connectivity index (χ3n) is 4.58. The Kier molecular flexibility index (Phi) is 3.42. The van der Waals surface area contributed by atoms with Crippen LogP contribution < -0.4 is 0 Å². The van der Waals surface area contributed by atoms with Gasteiger partial charge in [-0.25, -0.2) is 0 Å². The van der Waals surface area contributed by atoms with Gasteiger partial charge in [-0.3, -0.25) is 4.79 Å². The molecule has 0 aliphatic carbocycles. The molecule has 1 atom stereocenters. The van der Waals surface area contributed by atoms with Gasteiger partial charge in [0, 0.05) is 5.39 Å². The fourth-order valence-electron chi connectivity index (χ4n) is 3.45. The number of carboxylic acids is 1. The van der Waals surface area contributed by atoms with Crippen LogP contribution >= 0.6 is 0 Å². The van der Waals surface area contributed by atoms with Gasteiger partial charge in [0.25, 0.3) is 0 Å². The number of aliphatic carboxylic acids is 1. The Hall–Kier alpha value is -2.32. The SMILES string of the molecule is CCC1(CC(=O)O)OCCc2c1[nH]c1c(C)ccc(C#N)c21. The van der Waals surface area contributed by atoms with Crippen LogP contribution in [0.2, 0.25) is 0 Å². The van der Waals surface area contributed by atoms with Gasteiger partial charge in [-0.05, 0) is 37.0 Å². The smallest absolute Gasteiger partial charge is 0.306 e. The van der Waals surface area contributed by atoms with Gasteiger partial charge in [-0.1, -0.05) is 13.0 Å². The zero-order valence-corrected chi connectivity index (χ0v) is 12.7. The fraction of sp³-hybridized carbons (Fsp3) is 0.412. The van der Waals surface area contributed by atoms with E-state index >= 15 is 0 Å². The normalized spacial score (nSPS) is 20.6. The highest BCUT2D eigenvalue weighted by Gasteiger charge is 2.41. The van der Waals surface area contributed by atoms with Crippen molar-refractivity contribution in [3.8, 4) is 6.07 Å². The first-order valence-corrected chi connectivity index (χ1v) is 7.43. The van der Waals surface area contributed by atoms with Crippen LogP contribution in [0, 0.1) is 18.3 Å². The van der Waals surface area contributed by atoms with Gasteiger partial charge < -0.3 is 14.8 Å². The second-order valence-electron chi connectivity index (χ2n) is 5.79. The number of rotatable bonds is 3. The van der Waals surface area contributed by atoms with Crippen molar-refractivity contribution in [1.29, 1.82) is 5.26 Å². The third-order valence-corrected chi connectivity index (χ3v) is 4.58. The highest BCUT2D eigenvalue weighted by Crippen LogP contribution is 2.42. The van der Waals surface area contributed by atoms with E-state index in [1.807, 2.05) is 26.0 Å². The number of carboxylic acid groups (broad SMARTS) is 1. The number of hydrogen-bond acceptors (Lipinski definition) is 3. The van der Waals surface area contributed by atoms with E-state index in [0.29, 0.717) is 25.0 Å². The van der Waals surface area contributed by atoms with Crippen LogP contribution in [-0.4, -0.2) is 22.7 Å². The van der Waals surface area contributed by atoms with Crippen LogP contribution in [0.3, 0.4) is 0 Å². The lowest BCUT2D eigenvalue weighted by Crippen LogP contribution is -2.37. The van der Waals surface area contributed by atoms with Crippen LogP contribution in [-0.2, 0) is 21.6 Å². The molecule has 0 saturated heterocycles. The molecule has 1 aliphatic rings. The van der Waals surface area contributed by atoms with Gasteiger partial charge in [0.1, 0.15) is 5.60 Å². The quantitative estimate of drug-likeness (QED) is 0.912. The molecule has 1 unspecified atom stereocenters. The average molecular weight is 298 g/mol. The van der Waals surface area contributed by atoms with Crippen LogP contribution in [0.25, 0.3) is 10.9 Å². The van der Waals surface area contributed by atoms with Crippen molar-refractivity contribution in [2.45, 2.75) is 38.7 Å². The first kappa shape index (κ1) is 14.6. The highest BCUT2D eigenvalue weighted by atomic mass is 16.5. The Labute approximate surface area is 128 Å². The molecular formula is C17H18N2O3. The average Bonchev–Trinajstić information content (AvgIpc) is 2.89. The Morgan fingerprint density at radius 2 is 2.32 bits per heavy atom. The van der Waals surface area contributed by atoms with E-state index in [2.05, 4.69) is 11.1 Å². The van der Waals surface area contributed by atoms with E-state index in [0.717, 1.165) is 27.7 Å². The maximum atomic E-state index is 11.3. The summed E-state index contributed by atoms with van der Waals surface area (Å²) >= 11 is 0. The standard InChI is InChI=1S/C17H18N2O3/c1-3-17(8-13(20)21)16-12(6-7-22-17)14-11(9-18)5-4-10(2)15(14)19-16/h4-5,19H,3,6-8H2,1-2H3,(H,20,21). The topological polar surface area (TPSA) is 86.1 Å². The number of fused-ring (bicyclic) bond motifs is 3. The maximum absolute atomic E-state index is 11.3. The number of ether oxygens (including phenoxy) is 1. The second kappa shape index (κ2) is 5.15. The third kappa shape index (κ3) is 1.99. The van der Waals surface area contributed by atoms with Crippen LogP contribution in [0.4, 0.5) is 0 Å². The number of aromatic nitrogens is 1. The summed E-state index contributed by atoms with van der Waals surface area (Å²) in [6.07, 6.45) is 1.18. The molecule has 0 spiro atoms. The van der Waals surface area contributed by atoms with E-state index in [9.17, 15) is 15.2 Å². The zero-order chi connectivity index (χ0) is 15.9. The number of nitriles is 1. The van der Waals surface area contributed by atoms with Gasteiger partial charge in [-0.2, -0.15) is 5.26 Å². The van der Waals surface area contributed by atoms with Crippen molar-refractivity contribution in [2.24, 2.45) is 0 Å². The molecule has 1 aliphatic heterocycles. The number of carbonyl (C=O) groups is 1. The minimum Gasteiger partial charge on any atom is -0.481 e. The van der Waals surface area contributed by atoms with Gasteiger partial charge in [0.15, 0.2) is 0 Å². The molecule has 22 heavy (non-hydrogen) atoms. The predicted octanol–water partition coefficient (Wildman–Crippen LogP) is 3.00. The number of aryl methyl sites for hydroxylation is 1. The van der Waals surface area contributed by atoms with Crippen molar-refractivity contribution in [2.75, 3.05) is 6.61 Å². The van der Waals surface area contributed by atoms with Gasteiger partial charge in [0.05, 0.1) is 35.9 Å². The lowest BCUT2D eigenvalue weighted by atomic mass is 9.85. The molecular weight excluding hydrogens is 280 g/mol. The molecule has 5 nitrogen and oxygen atoms in total. The fourth-order valence-corrected chi connectivity index (χ4v) is 3.45. The summed E-state index contributed by atoms with van der Waals surface area (Å²) in [4.78, 5) is 14.7. The largest absolute Gasteiger partial charge is 0.481 e. The number of H-pyrrole nitrogens is 1. The first-order chi connectivity index (χ1) is 10.5. The monoisotopic (exact) mass is 298 g/mol. The second-order valence-corrected chi connectivity index (χ2v) is 5.79. The van der Waals surface area contributed by atoms with Gasteiger partial charge >= 0.3 is 5.97 Å². The minimum atomic E-state index is -0.884. The number of hydrogen-bond donors (Lipinski definition) is 2. The van der Waals surface area contributed by atoms with Crippen molar-refractivity contribution < 1.29 is 14.6 Å². The molecule has 2 aromatic rings. The number of nitrogens with zero attached hydrogens (tertiary/aromatic N) is 1. The minimum absolute atomic E-state index is 0.0791. The zero-order valence-electron chi connectivity index (χ0n) is 12.7. The first-order valence-electron chi connectivity index (χ1n) is 7.43. The van der Waals surface area contributed by atoms with Crippen molar-refractivity contribution in [3.63, 3.8) is 0 Å². The number of nitrogens with one attached hydrogen (secondary N) is 1. The molecule has 0 saturated carbocycles. The molecule has 5 heteroatoms. The molecule has 0 bridgehead atoms. The molecule has 0 radical (unpaired) electrons. The predicted molar refractivity (Wildman–Crippen MR) is 81.6 cm³/mol. The van der Waals surface area contributed by atoms with E-state index in [4.69, 9.17) is 4.74 Å². The Bertz CT molecular complexity index is 800. The lowest BCUT2D eigenvalue weighted by Gasteiger charge is -2.35.